The third kappa shape index (κ3) is 3.38. The number of nitro groups is 1. The number of aryl methyl sites for hydroxylation is 1. The van der Waals surface area contributed by atoms with Crippen LogP contribution in [0.2, 0.25) is 0 Å². The lowest BCUT2D eigenvalue weighted by Gasteiger charge is -2.09. The summed E-state index contributed by atoms with van der Waals surface area (Å²) in [4.78, 5) is 21.6. The van der Waals surface area contributed by atoms with E-state index in [2.05, 4.69) is 15.9 Å². The zero-order chi connectivity index (χ0) is 15.6. The first-order valence-electron chi connectivity index (χ1n) is 5.90. The smallest absolute Gasteiger partial charge is 0.312 e. The van der Waals surface area contributed by atoms with Crippen LogP contribution in [0.25, 0.3) is 0 Å². The van der Waals surface area contributed by atoms with Gasteiger partial charge in [0.2, 0.25) is 11.7 Å². The maximum Gasteiger partial charge on any atom is 0.312 e. The predicted octanol–water partition coefficient (Wildman–Crippen LogP) is 3.56. The molecule has 0 aliphatic heterocycles. The first-order chi connectivity index (χ1) is 9.88. The van der Waals surface area contributed by atoms with Crippen molar-refractivity contribution >= 4 is 27.5 Å². The van der Waals surface area contributed by atoms with E-state index in [1.165, 1.54) is 12.1 Å². The van der Waals surface area contributed by atoms with E-state index in [1.807, 2.05) is 13.0 Å². The van der Waals surface area contributed by atoms with Crippen molar-refractivity contribution in [2.24, 2.45) is 5.73 Å². The summed E-state index contributed by atoms with van der Waals surface area (Å²) in [6.07, 6.45) is 0. The zero-order valence-corrected chi connectivity index (χ0v) is 12.6. The van der Waals surface area contributed by atoms with Crippen LogP contribution in [-0.4, -0.2) is 10.8 Å². The van der Waals surface area contributed by atoms with Gasteiger partial charge in [0.05, 0.1) is 4.92 Å². The predicted molar refractivity (Wildman–Crippen MR) is 80.6 cm³/mol. The molecule has 0 bridgehead atoms. The van der Waals surface area contributed by atoms with Gasteiger partial charge in [-0.3, -0.25) is 14.9 Å². The van der Waals surface area contributed by atoms with Gasteiger partial charge in [0.25, 0.3) is 0 Å². The molecular formula is C14H11BrN2O4. The van der Waals surface area contributed by atoms with Crippen molar-refractivity contribution in [3.05, 3.63) is 62.1 Å². The highest BCUT2D eigenvalue weighted by Gasteiger charge is 2.19. The number of nitro benzene ring substituents is 1. The lowest BCUT2D eigenvalue weighted by Crippen LogP contribution is -2.11. The van der Waals surface area contributed by atoms with Gasteiger partial charge in [-0.15, -0.1) is 0 Å². The molecule has 0 fully saturated rings. The number of ether oxygens (including phenoxy) is 1. The average molecular weight is 351 g/mol. The van der Waals surface area contributed by atoms with E-state index in [0.717, 1.165) is 16.1 Å². The second-order valence-corrected chi connectivity index (χ2v) is 5.23. The van der Waals surface area contributed by atoms with Gasteiger partial charge in [-0.25, -0.2) is 0 Å². The molecule has 0 spiro atoms. The highest BCUT2D eigenvalue weighted by molar-refractivity contribution is 9.10. The molecule has 108 valence electrons. The monoisotopic (exact) mass is 350 g/mol. The summed E-state index contributed by atoms with van der Waals surface area (Å²) in [5, 5.41) is 11.1. The van der Waals surface area contributed by atoms with E-state index in [4.69, 9.17) is 10.5 Å². The number of benzene rings is 2. The first-order valence-corrected chi connectivity index (χ1v) is 6.70. The van der Waals surface area contributed by atoms with Crippen molar-refractivity contribution in [1.82, 2.24) is 0 Å². The normalized spacial score (nSPS) is 10.2. The highest BCUT2D eigenvalue weighted by Crippen LogP contribution is 2.34. The van der Waals surface area contributed by atoms with Crippen LogP contribution in [0.5, 0.6) is 11.5 Å². The molecule has 6 nitrogen and oxygen atoms in total. The molecule has 2 N–H and O–H groups in total. The zero-order valence-electron chi connectivity index (χ0n) is 11.0. The number of amides is 1. The van der Waals surface area contributed by atoms with E-state index >= 15 is 0 Å². The van der Waals surface area contributed by atoms with Crippen LogP contribution in [0.15, 0.2) is 40.9 Å². The van der Waals surface area contributed by atoms with Crippen molar-refractivity contribution in [2.75, 3.05) is 0 Å². The summed E-state index contributed by atoms with van der Waals surface area (Å²) in [7, 11) is 0. The van der Waals surface area contributed by atoms with E-state index in [9.17, 15) is 14.9 Å². The molecule has 0 atom stereocenters. The minimum absolute atomic E-state index is 0.0513. The Morgan fingerprint density at radius 1 is 1.24 bits per heavy atom. The molecule has 1 amide bonds. The van der Waals surface area contributed by atoms with Crippen molar-refractivity contribution in [3.8, 4) is 11.5 Å². The molecule has 0 heterocycles. The van der Waals surface area contributed by atoms with Crippen LogP contribution in [0.1, 0.15) is 15.9 Å². The van der Waals surface area contributed by atoms with Crippen LogP contribution in [0.4, 0.5) is 5.69 Å². The van der Waals surface area contributed by atoms with Crippen molar-refractivity contribution in [3.63, 3.8) is 0 Å². The lowest BCUT2D eigenvalue weighted by atomic mass is 10.1. The Kier molecular flexibility index (Phi) is 4.23. The first kappa shape index (κ1) is 15.0. The fraction of sp³-hybridized carbons (Fsp3) is 0.0714. The van der Waals surface area contributed by atoms with Crippen molar-refractivity contribution in [2.45, 2.75) is 6.92 Å². The van der Waals surface area contributed by atoms with Gasteiger partial charge in [-0.1, -0.05) is 15.9 Å². The number of nitrogens with zero attached hydrogens (tertiary/aromatic N) is 1. The number of primary amides is 1. The third-order valence-corrected chi connectivity index (χ3v) is 3.29. The summed E-state index contributed by atoms with van der Waals surface area (Å²) in [5.74, 6) is -0.187. The summed E-state index contributed by atoms with van der Waals surface area (Å²) in [6, 6.07) is 9.15. The average Bonchev–Trinajstić information content (AvgIpc) is 2.41. The van der Waals surface area contributed by atoms with Crippen molar-refractivity contribution < 1.29 is 14.5 Å². The van der Waals surface area contributed by atoms with Crippen LogP contribution in [0, 0.1) is 17.0 Å². The van der Waals surface area contributed by atoms with Crippen LogP contribution in [0.3, 0.4) is 0 Å². The highest BCUT2D eigenvalue weighted by atomic mass is 79.9. The lowest BCUT2D eigenvalue weighted by molar-refractivity contribution is -0.385. The molecule has 2 aromatic rings. The Labute approximate surface area is 128 Å². The van der Waals surface area contributed by atoms with Gasteiger partial charge in [0, 0.05) is 16.1 Å². The molecule has 2 rings (SSSR count). The van der Waals surface area contributed by atoms with E-state index < -0.39 is 10.8 Å². The molecule has 0 aromatic heterocycles. The van der Waals surface area contributed by atoms with E-state index in [1.54, 1.807) is 12.1 Å². The third-order valence-electron chi connectivity index (χ3n) is 2.80. The summed E-state index contributed by atoms with van der Waals surface area (Å²) >= 11 is 3.33. The summed E-state index contributed by atoms with van der Waals surface area (Å²) in [5.41, 5.74) is 5.68. The number of hydrogen-bond acceptors (Lipinski definition) is 4. The topological polar surface area (TPSA) is 95.5 Å². The van der Waals surface area contributed by atoms with Gasteiger partial charge in [-0.05, 0) is 42.8 Å². The van der Waals surface area contributed by atoms with Crippen LogP contribution >= 0.6 is 15.9 Å². The number of rotatable bonds is 4. The fourth-order valence-electron chi connectivity index (χ4n) is 1.75. The molecule has 0 aliphatic rings. The molecular weight excluding hydrogens is 340 g/mol. The van der Waals surface area contributed by atoms with Crippen LogP contribution < -0.4 is 10.5 Å². The maximum atomic E-state index is 11.1. The molecule has 7 heteroatoms. The maximum absolute atomic E-state index is 11.1. The number of hydrogen-bond donors (Lipinski definition) is 1. The van der Waals surface area contributed by atoms with E-state index in [0.29, 0.717) is 5.75 Å². The van der Waals surface area contributed by atoms with Gasteiger partial charge in [-0.2, -0.15) is 0 Å². The minimum atomic E-state index is -0.732. The SMILES string of the molecule is Cc1cc(Br)ccc1Oc1ccc(C(N)=O)cc1[N+](=O)[O-]. The molecule has 0 radical (unpaired) electrons. The standard InChI is InChI=1S/C14H11BrN2O4/c1-8-6-10(15)3-5-12(8)21-13-4-2-9(14(16)18)7-11(13)17(19)20/h2-7H,1H3,(H2,16,18). The molecule has 2 aromatic carbocycles. The molecule has 21 heavy (non-hydrogen) atoms. The minimum Gasteiger partial charge on any atom is -0.450 e. The second-order valence-electron chi connectivity index (χ2n) is 4.32. The Balaban J connectivity index is 2.44. The number of halogens is 1. The number of carbonyl (C=O) groups is 1. The molecule has 0 saturated carbocycles. The Bertz CT molecular complexity index is 731. The van der Waals surface area contributed by atoms with Gasteiger partial charge in [0.1, 0.15) is 5.75 Å². The Morgan fingerprint density at radius 3 is 2.48 bits per heavy atom. The van der Waals surface area contributed by atoms with Gasteiger partial charge in [0.15, 0.2) is 0 Å². The van der Waals surface area contributed by atoms with Crippen LogP contribution in [-0.2, 0) is 0 Å². The number of carbonyl (C=O) groups excluding carboxylic acids is 1. The number of nitrogens with two attached hydrogens (primary N) is 1. The molecule has 0 saturated heterocycles. The largest absolute Gasteiger partial charge is 0.450 e. The molecule has 0 aliphatic carbocycles. The summed E-state index contributed by atoms with van der Waals surface area (Å²) < 4.78 is 6.46. The van der Waals surface area contributed by atoms with Crippen molar-refractivity contribution in [1.29, 1.82) is 0 Å². The summed E-state index contributed by atoms with van der Waals surface area (Å²) in [6.45, 7) is 1.82. The molecule has 0 unspecified atom stereocenters. The fourth-order valence-corrected chi connectivity index (χ4v) is 2.22. The Morgan fingerprint density at radius 2 is 1.90 bits per heavy atom. The Hall–Kier alpha value is -2.41. The van der Waals surface area contributed by atoms with E-state index in [-0.39, 0.29) is 17.0 Å². The second kappa shape index (κ2) is 5.92. The quantitative estimate of drug-likeness (QED) is 0.673. The van der Waals surface area contributed by atoms with Gasteiger partial charge < -0.3 is 10.5 Å². The van der Waals surface area contributed by atoms with Gasteiger partial charge >= 0.3 is 5.69 Å².